The van der Waals surface area contributed by atoms with E-state index >= 15 is 0 Å². The molecule has 2 heterocycles. The third-order valence-corrected chi connectivity index (χ3v) is 8.19. The molecule has 35 heavy (non-hydrogen) atoms. The first-order valence-electron chi connectivity index (χ1n) is 11.0. The van der Waals surface area contributed by atoms with Crippen LogP contribution in [-0.4, -0.2) is 44.5 Å². The molecule has 5 rings (SSSR count). The van der Waals surface area contributed by atoms with Crippen LogP contribution in [0.3, 0.4) is 0 Å². The molecule has 1 saturated heterocycles. The number of benzene rings is 3. The summed E-state index contributed by atoms with van der Waals surface area (Å²) < 4.78 is 34.3. The maximum Gasteiger partial charge on any atom is 0.240 e. The van der Waals surface area contributed by atoms with E-state index in [1.165, 1.54) is 6.33 Å². The summed E-state index contributed by atoms with van der Waals surface area (Å²) in [6.45, 7) is 0.447. The van der Waals surface area contributed by atoms with Gasteiger partial charge in [0.25, 0.3) is 0 Å². The average molecular weight is 511 g/mol. The molecule has 0 bridgehead atoms. The first kappa shape index (κ1) is 23.5. The van der Waals surface area contributed by atoms with Crippen LogP contribution >= 0.6 is 11.6 Å². The van der Waals surface area contributed by atoms with Gasteiger partial charge in [0, 0.05) is 18.5 Å². The molecule has 4 aromatic rings. The fraction of sp³-hybridized carbons (Fsp3) is 0.240. The summed E-state index contributed by atoms with van der Waals surface area (Å²) in [5.41, 5.74) is 0.624. The van der Waals surface area contributed by atoms with Crippen molar-refractivity contribution in [1.29, 1.82) is 0 Å². The Kier molecular flexibility index (Phi) is 6.08. The number of methoxy groups -OCH3 is 1. The fourth-order valence-electron chi connectivity index (χ4n) is 4.50. The van der Waals surface area contributed by atoms with Crippen molar-refractivity contribution in [1.82, 2.24) is 20.0 Å². The van der Waals surface area contributed by atoms with Gasteiger partial charge < -0.3 is 10.1 Å². The maximum atomic E-state index is 13.2. The number of nitrogens with zero attached hydrogens (tertiary/aromatic N) is 2. The Labute approximate surface area is 207 Å². The van der Waals surface area contributed by atoms with Crippen molar-refractivity contribution < 1.29 is 17.9 Å². The number of sulfonamides is 1. The SMILES string of the molecule is COc1ccc2ccc(S(=O)(=O)NC[C@]3(Cc4ccc5ncnc(Cl)c5c4)CCNC3=O)cc2c1. The van der Waals surface area contributed by atoms with Crippen molar-refractivity contribution in [2.45, 2.75) is 17.7 Å². The number of carbonyl (C=O) groups is 1. The van der Waals surface area contributed by atoms with Gasteiger partial charge in [0.15, 0.2) is 0 Å². The van der Waals surface area contributed by atoms with Crippen LogP contribution in [0.2, 0.25) is 5.15 Å². The summed E-state index contributed by atoms with van der Waals surface area (Å²) in [5, 5.41) is 5.51. The quantitative estimate of drug-likeness (QED) is 0.368. The molecular weight excluding hydrogens is 488 g/mol. The zero-order chi connectivity index (χ0) is 24.6. The van der Waals surface area contributed by atoms with Gasteiger partial charge in [-0.15, -0.1) is 0 Å². The molecule has 1 fully saturated rings. The molecule has 0 unspecified atom stereocenters. The van der Waals surface area contributed by atoms with Crippen molar-refractivity contribution in [2.24, 2.45) is 5.41 Å². The van der Waals surface area contributed by atoms with Crippen LogP contribution in [0, 0.1) is 5.41 Å². The lowest BCUT2D eigenvalue weighted by molar-refractivity contribution is -0.127. The molecule has 1 aliphatic heterocycles. The van der Waals surface area contributed by atoms with Gasteiger partial charge in [0.2, 0.25) is 15.9 Å². The van der Waals surface area contributed by atoms with Crippen LogP contribution in [0.5, 0.6) is 5.75 Å². The highest BCUT2D eigenvalue weighted by Crippen LogP contribution is 2.33. The number of hydrogen-bond acceptors (Lipinski definition) is 6. The van der Waals surface area contributed by atoms with Gasteiger partial charge >= 0.3 is 0 Å². The Morgan fingerprint density at radius 3 is 2.69 bits per heavy atom. The lowest BCUT2D eigenvalue weighted by Crippen LogP contribution is -2.44. The smallest absolute Gasteiger partial charge is 0.240 e. The van der Waals surface area contributed by atoms with E-state index in [0.29, 0.717) is 41.2 Å². The third-order valence-electron chi connectivity index (χ3n) is 6.49. The van der Waals surface area contributed by atoms with Crippen LogP contribution in [-0.2, 0) is 21.2 Å². The van der Waals surface area contributed by atoms with E-state index < -0.39 is 15.4 Å². The van der Waals surface area contributed by atoms with Gasteiger partial charge in [-0.3, -0.25) is 4.79 Å². The second-order valence-electron chi connectivity index (χ2n) is 8.68. The minimum absolute atomic E-state index is 0.0334. The predicted molar refractivity (Wildman–Crippen MR) is 134 cm³/mol. The first-order chi connectivity index (χ1) is 16.8. The normalized spacial score (nSPS) is 18.2. The highest BCUT2D eigenvalue weighted by Gasteiger charge is 2.43. The van der Waals surface area contributed by atoms with E-state index in [-0.39, 0.29) is 17.3 Å². The maximum absolute atomic E-state index is 13.2. The fourth-order valence-corrected chi connectivity index (χ4v) is 5.86. The van der Waals surface area contributed by atoms with Crippen LogP contribution in [0.15, 0.2) is 65.8 Å². The van der Waals surface area contributed by atoms with Crippen molar-refractivity contribution in [2.75, 3.05) is 20.2 Å². The lowest BCUT2D eigenvalue weighted by Gasteiger charge is -2.26. The van der Waals surface area contributed by atoms with Gasteiger partial charge in [-0.2, -0.15) is 0 Å². The van der Waals surface area contributed by atoms with Crippen LogP contribution in [0.4, 0.5) is 0 Å². The van der Waals surface area contributed by atoms with E-state index in [0.717, 1.165) is 16.3 Å². The van der Waals surface area contributed by atoms with E-state index in [1.54, 1.807) is 31.4 Å². The number of hydrogen-bond donors (Lipinski definition) is 2. The second kappa shape index (κ2) is 9.07. The molecule has 0 spiro atoms. The minimum Gasteiger partial charge on any atom is -0.497 e. The average Bonchev–Trinajstić information content (AvgIpc) is 3.22. The minimum atomic E-state index is -3.87. The summed E-state index contributed by atoms with van der Waals surface area (Å²) in [4.78, 5) is 21.3. The topological polar surface area (TPSA) is 110 Å². The molecule has 2 N–H and O–H groups in total. The molecule has 1 aliphatic rings. The molecule has 8 nitrogen and oxygen atoms in total. The van der Waals surface area contributed by atoms with Crippen molar-refractivity contribution in [3.8, 4) is 5.75 Å². The Hall–Kier alpha value is -3.27. The second-order valence-corrected chi connectivity index (χ2v) is 10.8. The molecule has 1 aromatic heterocycles. The Morgan fingerprint density at radius 2 is 1.91 bits per heavy atom. The van der Waals surface area contributed by atoms with Gasteiger partial charge in [-0.25, -0.2) is 23.1 Å². The summed E-state index contributed by atoms with van der Waals surface area (Å²) in [6.07, 6.45) is 2.24. The summed E-state index contributed by atoms with van der Waals surface area (Å²) in [5.74, 6) is 0.460. The van der Waals surface area contributed by atoms with Crippen LogP contribution < -0.4 is 14.8 Å². The molecular formula is C25H23ClN4O4S. The molecule has 0 aliphatic carbocycles. The van der Waals surface area contributed by atoms with Crippen LogP contribution in [0.25, 0.3) is 21.7 Å². The van der Waals surface area contributed by atoms with Gasteiger partial charge in [-0.1, -0.05) is 29.8 Å². The van der Waals surface area contributed by atoms with E-state index in [2.05, 4.69) is 20.0 Å². The van der Waals surface area contributed by atoms with E-state index in [1.807, 2.05) is 30.3 Å². The highest BCUT2D eigenvalue weighted by atomic mass is 35.5. The molecule has 0 saturated carbocycles. The monoisotopic (exact) mass is 510 g/mol. The Balaban J connectivity index is 1.42. The van der Waals surface area contributed by atoms with Crippen molar-refractivity contribution >= 4 is 49.2 Å². The number of ether oxygens (including phenoxy) is 1. The van der Waals surface area contributed by atoms with E-state index in [4.69, 9.17) is 16.3 Å². The van der Waals surface area contributed by atoms with Crippen molar-refractivity contribution in [3.05, 3.63) is 71.6 Å². The summed E-state index contributed by atoms with van der Waals surface area (Å²) in [6, 6.07) is 16.0. The van der Waals surface area contributed by atoms with Crippen molar-refractivity contribution in [3.63, 3.8) is 0 Å². The molecule has 180 valence electrons. The highest BCUT2D eigenvalue weighted by molar-refractivity contribution is 7.89. The third kappa shape index (κ3) is 4.54. The largest absolute Gasteiger partial charge is 0.497 e. The number of halogens is 1. The molecule has 3 aromatic carbocycles. The number of aromatic nitrogens is 2. The number of nitrogens with one attached hydrogen (secondary N) is 2. The number of rotatable bonds is 7. The number of carbonyl (C=O) groups excluding carboxylic acids is 1. The van der Waals surface area contributed by atoms with E-state index in [9.17, 15) is 13.2 Å². The Bertz CT molecular complexity index is 1560. The number of fused-ring (bicyclic) bond motifs is 2. The molecule has 1 atom stereocenters. The molecule has 1 amide bonds. The van der Waals surface area contributed by atoms with Gasteiger partial charge in [0.1, 0.15) is 17.2 Å². The zero-order valence-corrected chi connectivity index (χ0v) is 20.5. The predicted octanol–water partition coefficient (Wildman–Crippen LogP) is 3.47. The molecule has 0 radical (unpaired) electrons. The molecule has 10 heteroatoms. The first-order valence-corrected chi connectivity index (χ1v) is 12.9. The van der Waals surface area contributed by atoms with Crippen LogP contribution in [0.1, 0.15) is 12.0 Å². The zero-order valence-electron chi connectivity index (χ0n) is 18.9. The lowest BCUT2D eigenvalue weighted by atomic mass is 9.80. The Morgan fingerprint density at radius 1 is 1.09 bits per heavy atom. The summed E-state index contributed by atoms with van der Waals surface area (Å²) in [7, 11) is -2.30. The summed E-state index contributed by atoms with van der Waals surface area (Å²) >= 11 is 6.23. The number of amides is 1. The standard InChI is InChI=1S/C25H23ClN4O4S/c1-34-19-5-3-17-4-6-20(12-18(17)11-19)35(32,33)30-14-25(8-9-27-24(25)31)13-16-2-7-22-21(10-16)23(26)29-15-28-22/h2-7,10-12,15,30H,8-9,13-14H2,1H3,(H,27,31)/t25-/m1/s1. The van der Waals surface area contributed by atoms with Gasteiger partial charge in [0.05, 0.1) is 22.9 Å². The van der Waals surface area contributed by atoms with Gasteiger partial charge in [-0.05, 0) is 65.6 Å².